The number of thiophene rings is 1. The van der Waals surface area contributed by atoms with Crippen LogP contribution >= 0.6 is 27.3 Å². The standard InChI is InChI=1S/C7H8BrF2NS/c1-7(9,10)6(11)4-2-12-3-5(4)8/h2-3,6H,11H2,1H3. The smallest absolute Gasteiger partial charge is 0.264 e. The van der Waals surface area contributed by atoms with Gasteiger partial charge in [0.25, 0.3) is 5.92 Å². The summed E-state index contributed by atoms with van der Waals surface area (Å²) in [6.45, 7) is 0.821. The van der Waals surface area contributed by atoms with Crippen LogP contribution in [-0.2, 0) is 0 Å². The largest absolute Gasteiger partial charge is 0.319 e. The lowest BCUT2D eigenvalue weighted by Crippen LogP contribution is -2.29. The van der Waals surface area contributed by atoms with Crippen LogP contribution in [0.25, 0.3) is 0 Å². The number of hydrogen-bond acceptors (Lipinski definition) is 2. The van der Waals surface area contributed by atoms with E-state index in [9.17, 15) is 8.78 Å². The van der Waals surface area contributed by atoms with Gasteiger partial charge >= 0.3 is 0 Å². The maximum absolute atomic E-state index is 12.7. The predicted octanol–water partition coefficient (Wildman–Crippen LogP) is 3.17. The van der Waals surface area contributed by atoms with Crippen LogP contribution in [0.2, 0.25) is 0 Å². The number of rotatable bonds is 2. The first-order valence-electron chi connectivity index (χ1n) is 3.28. The second kappa shape index (κ2) is 3.40. The first-order chi connectivity index (χ1) is 5.43. The fraction of sp³-hybridized carbons (Fsp3) is 0.429. The van der Waals surface area contributed by atoms with Gasteiger partial charge in [-0.25, -0.2) is 8.78 Å². The van der Waals surface area contributed by atoms with E-state index < -0.39 is 12.0 Å². The first kappa shape index (κ1) is 10.1. The summed E-state index contributed by atoms with van der Waals surface area (Å²) in [7, 11) is 0. The molecule has 0 spiro atoms. The highest BCUT2D eigenvalue weighted by molar-refractivity contribution is 9.10. The molecular weight excluding hydrogens is 248 g/mol. The minimum Gasteiger partial charge on any atom is -0.319 e. The molecule has 68 valence electrons. The van der Waals surface area contributed by atoms with Gasteiger partial charge in [0, 0.05) is 16.8 Å². The number of hydrogen-bond donors (Lipinski definition) is 1. The molecule has 0 radical (unpaired) electrons. The molecule has 0 saturated heterocycles. The van der Waals surface area contributed by atoms with Crippen LogP contribution in [0.3, 0.4) is 0 Å². The van der Waals surface area contributed by atoms with Crippen LogP contribution < -0.4 is 5.73 Å². The van der Waals surface area contributed by atoms with Gasteiger partial charge in [-0.1, -0.05) is 0 Å². The third-order valence-electron chi connectivity index (χ3n) is 1.52. The van der Waals surface area contributed by atoms with Crippen LogP contribution in [0.4, 0.5) is 8.78 Å². The van der Waals surface area contributed by atoms with E-state index in [1.54, 1.807) is 10.8 Å². The summed E-state index contributed by atoms with van der Waals surface area (Å²) < 4.78 is 26.1. The van der Waals surface area contributed by atoms with Gasteiger partial charge in [-0.2, -0.15) is 11.3 Å². The second-order valence-electron chi connectivity index (χ2n) is 2.61. The highest BCUT2D eigenvalue weighted by Crippen LogP contribution is 2.34. The molecule has 1 heterocycles. The molecule has 0 aromatic carbocycles. The Morgan fingerprint density at radius 3 is 2.50 bits per heavy atom. The van der Waals surface area contributed by atoms with Gasteiger partial charge in [0.05, 0.1) is 6.04 Å². The third-order valence-corrected chi connectivity index (χ3v) is 3.28. The molecule has 0 aliphatic heterocycles. The van der Waals surface area contributed by atoms with Crippen LogP contribution in [0.15, 0.2) is 15.2 Å². The van der Waals surface area contributed by atoms with Crippen LogP contribution in [0.5, 0.6) is 0 Å². The molecule has 1 atom stereocenters. The van der Waals surface area contributed by atoms with Crippen LogP contribution in [0.1, 0.15) is 18.5 Å². The molecule has 0 saturated carbocycles. The highest BCUT2D eigenvalue weighted by atomic mass is 79.9. The van der Waals surface area contributed by atoms with E-state index >= 15 is 0 Å². The Labute approximate surface area is 81.7 Å². The van der Waals surface area contributed by atoms with E-state index in [4.69, 9.17) is 5.73 Å². The summed E-state index contributed by atoms with van der Waals surface area (Å²) >= 11 is 4.51. The Kier molecular flexibility index (Phi) is 2.85. The second-order valence-corrected chi connectivity index (χ2v) is 4.21. The van der Waals surface area contributed by atoms with Crippen molar-refractivity contribution < 1.29 is 8.78 Å². The molecule has 1 rings (SSSR count). The summed E-state index contributed by atoms with van der Waals surface area (Å²) in [4.78, 5) is 0. The van der Waals surface area contributed by atoms with Gasteiger partial charge < -0.3 is 5.73 Å². The van der Waals surface area contributed by atoms with E-state index in [0.717, 1.165) is 6.92 Å². The monoisotopic (exact) mass is 255 g/mol. The lowest BCUT2D eigenvalue weighted by Gasteiger charge is -2.18. The van der Waals surface area contributed by atoms with Crippen molar-refractivity contribution in [2.75, 3.05) is 0 Å². The van der Waals surface area contributed by atoms with E-state index in [2.05, 4.69) is 15.9 Å². The molecule has 1 aromatic heterocycles. The van der Waals surface area contributed by atoms with Gasteiger partial charge in [0.1, 0.15) is 0 Å². The first-order valence-corrected chi connectivity index (χ1v) is 5.01. The fourth-order valence-electron chi connectivity index (χ4n) is 0.786. The van der Waals surface area contributed by atoms with Crippen molar-refractivity contribution in [3.05, 3.63) is 20.8 Å². The summed E-state index contributed by atoms with van der Waals surface area (Å²) in [6.07, 6.45) is 0. The Balaban J connectivity index is 2.92. The van der Waals surface area contributed by atoms with Crippen LogP contribution in [0, 0.1) is 0 Å². The zero-order valence-corrected chi connectivity index (χ0v) is 8.75. The molecule has 2 N–H and O–H groups in total. The van der Waals surface area contributed by atoms with E-state index in [-0.39, 0.29) is 0 Å². The minimum atomic E-state index is -2.87. The summed E-state index contributed by atoms with van der Waals surface area (Å²) in [5.74, 6) is -2.87. The van der Waals surface area contributed by atoms with Gasteiger partial charge in [-0.15, -0.1) is 0 Å². The van der Waals surface area contributed by atoms with Crippen molar-refractivity contribution in [3.63, 3.8) is 0 Å². The lowest BCUT2D eigenvalue weighted by molar-refractivity contribution is -0.00626. The SMILES string of the molecule is CC(F)(F)C(N)c1cscc1Br. The van der Waals surface area contributed by atoms with Crippen molar-refractivity contribution >= 4 is 27.3 Å². The van der Waals surface area contributed by atoms with Gasteiger partial charge in [0.15, 0.2) is 0 Å². The molecule has 1 nitrogen and oxygen atoms in total. The average Bonchev–Trinajstić information content (AvgIpc) is 2.31. The van der Waals surface area contributed by atoms with Gasteiger partial charge in [-0.3, -0.25) is 0 Å². The summed E-state index contributed by atoms with van der Waals surface area (Å²) in [5, 5.41) is 3.37. The lowest BCUT2D eigenvalue weighted by atomic mass is 10.1. The fourth-order valence-corrected chi connectivity index (χ4v) is 2.37. The predicted molar refractivity (Wildman–Crippen MR) is 49.6 cm³/mol. The van der Waals surface area contributed by atoms with E-state index in [0.29, 0.717) is 10.0 Å². The van der Waals surface area contributed by atoms with Crippen molar-refractivity contribution in [3.8, 4) is 0 Å². The molecule has 0 bridgehead atoms. The Morgan fingerprint density at radius 1 is 1.58 bits per heavy atom. The van der Waals surface area contributed by atoms with Gasteiger partial charge in [-0.05, 0) is 26.9 Å². The molecule has 5 heteroatoms. The number of nitrogens with two attached hydrogens (primary N) is 1. The molecule has 0 aliphatic rings. The molecular formula is C7H8BrF2NS. The van der Waals surface area contributed by atoms with Gasteiger partial charge in [0.2, 0.25) is 0 Å². The van der Waals surface area contributed by atoms with Crippen molar-refractivity contribution in [2.24, 2.45) is 5.73 Å². The molecule has 1 unspecified atom stereocenters. The molecule has 1 aromatic rings. The van der Waals surface area contributed by atoms with Crippen molar-refractivity contribution in [1.82, 2.24) is 0 Å². The van der Waals surface area contributed by atoms with E-state index in [1.165, 1.54) is 11.3 Å². The molecule has 0 amide bonds. The normalized spacial score (nSPS) is 14.8. The minimum absolute atomic E-state index is 0.465. The quantitative estimate of drug-likeness (QED) is 0.864. The highest BCUT2D eigenvalue weighted by Gasteiger charge is 2.33. The van der Waals surface area contributed by atoms with Crippen molar-refractivity contribution in [2.45, 2.75) is 18.9 Å². The third kappa shape index (κ3) is 2.02. The Hall–Kier alpha value is -0.000000000000000111. The molecule has 0 fully saturated rings. The average molecular weight is 256 g/mol. The van der Waals surface area contributed by atoms with Crippen molar-refractivity contribution in [1.29, 1.82) is 0 Å². The zero-order chi connectivity index (χ0) is 9.35. The maximum atomic E-state index is 12.7. The number of alkyl halides is 2. The molecule has 0 aliphatic carbocycles. The summed E-state index contributed by atoms with van der Waals surface area (Å²) in [5.41, 5.74) is 5.81. The maximum Gasteiger partial charge on any atom is 0.264 e. The van der Waals surface area contributed by atoms with E-state index in [1.807, 2.05) is 0 Å². The topological polar surface area (TPSA) is 26.0 Å². The zero-order valence-electron chi connectivity index (χ0n) is 6.35. The number of halogens is 3. The Morgan fingerprint density at radius 2 is 2.17 bits per heavy atom. The van der Waals surface area contributed by atoms with Crippen LogP contribution in [-0.4, -0.2) is 5.92 Å². The summed E-state index contributed by atoms with van der Waals surface area (Å²) in [6, 6.07) is -1.22. The molecule has 12 heavy (non-hydrogen) atoms. The Bertz CT molecular complexity index is 269.